The summed E-state index contributed by atoms with van der Waals surface area (Å²) in [4.78, 5) is 11.9. The molecule has 1 fully saturated rings. The maximum atomic E-state index is 11.9. The van der Waals surface area contributed by atoms with Gasteiger partial charge in [-0.1, -0.05) is 29.8 Å². The number of nitriles is 1. The van der Waals surface area contributed by atoms with Crippen LogP contribution in [0.3, 0.4) is 0 Å². The number of aromatic nitrogens is 2. The van der Waals surface area contributed by atoms with Gasteiger partial charge in [0.15, 0.2) is 6.23 Å². The van der Waals surface area contributed by atoms with E-state index in [0.717, 1.165) is 30.2 Å². The first-order valence-electron chi connectivity index (χ1n) is 10.7. The number of esters is 1. The number of carbonyl (C=O) groups excluding carboxylic acids is 1. The van der Waals surface area contributed by atoms with Gasteiger partial charge in [-0.05, 0) is 44.4 Å². The first-order chi connectivity index (χ1) is 15.6. The highest BCUT2D eigenvalue weighted by atomic mass is 35.5. The Labute approximate surface area is 191 Å². The fraction of sp³-hybridized carbons (Fsp3) is 0.375. The van der Waals surface area contributed by atoms with E-state index in [1.807, 2.05) is 24.3 Å². The van der Waals surface area contributed by atoms with Gasteiger partial charge >= 0.3 is 5.97 Å². The molecular formula is C24H24ClN3O4. The molecule has 1 aliphatic rings. The summed E-state index contributed by atoms with van der Waals surface area (Å²) in [5.41, 5.74) is 2.53. The summed E-state index contributed by atoms with van der Waals surface area (Å²) in [5.74, 6) is 0.276. The van der Waals surface area contributed by atoms with Gasteiger partial charge in [0.1, 0.15) is 24.1 Å². The van der Waals surface area contributed by atoms with E-state index in [1.54, 1.807) is 23.7 Å². The van der Waals surface area contributed by atoms with E-state index in [1.165, 1.54) is 0 Å². The first-order valence-corrected chi connectivity index (χ1v) is 11.1. The molecule has 3 aromatic rings. The van der Waals surface area contributed by atoms with Gasteiger partial charge in [0.25, 0.3) is 0 Å². The van der Waals surface area contributed by atoms with Crippen LogP contribution in [0.15, 0.2) is 36.4 Å². The maximum Gasteiger partial charge on any atom is 0.310 e. The molecule has 166 valence electrons. The Kier molecular flexibility index (Phi) is 6.93. The van der Waals surface area contributed by atoms with Gasteiger partial charge in [-0.2, -0.15) is 10.4 Å². The van der Waals surface area contributed by atoms with Crippen molar-refractivity contribution in [3.63, 3.8) is 0 Å². The van der Waals surface area contributed by atoms with Crippen molar-refractivity contribution in [2.24, 2.45) is 0 Å². The predicted octanol–water partition coefficient (Wildman–Crippen LogP) is 4.95. The summed E-state index contributed by atoms with van der Waals surface area (Å²) in [6.45, 7) is 2.92. The molecule has 4 rings (SSSR count). The molecule has 0 amide bonds. The highest BCUT2D eigenvalue weighted by Crippen LogP contribution is 2.33. The lowest BCUT2D eigenvalue weighted by Gasteiger charge is -2.23. The number of fused-ring (bicyclic) bond motifs is 1. The Balaban J connectivity index is 1.66. The fourth-order valence-corrected chi connectivity index (χ4v) is 4.14. The molecule has 7 nitrogen and oxygen atoms in total. The minimum atomic E-state index is -0.307. The van der Waals surface area contributed by atoms with Crippen LogP contribution in [0.5, 0.6) is 5.75 Å². The van der Waals surface area contributed by atoms with Crippen molar-refractivity contribution < 1.29 is 19.0 Å². The van der Waals surface area contributed by atoms with Crippen molar-refractivity contribution in [1.29, 1.82) is 5.26 Å². The van der Waals surface area contributed by atoms with Crippen LogP contribution in [0, 0.1) is 11.3 Å². The number of rotatable bonds is 7. The second-order valence-corrected chi connectivity index (χ2v) is 7.99. The summed E-state index contributed by atoms with van der Waals surface area (Å²) in [6.07, 6.45) is 2.77. The molecule has 32 heavy (non-hydrogen) atoms. The molecule has 0 saturated carbocycles. The van der Waals surface area contributed by atoms with Gasteiger partial charge in [-0.15, -0.1) is 0 Å². The summed E-state index contributed by atoms with van der Waals surface area (Å²) in [7, 11) is 0. The number of carbonyl (C=O) groups is 1. The molecule has 1 aliphatic heterocycles. The normalized spacial score (nSPS) is 16.0. The quantitative estimate of drug-likeness (QED) is 0.470. The molecule has 2 aromatic carbocycles. The third-order valence-electron chi connectivity index (χ3n) is 5.37. The molecule has 1 saturated heterocycles. The number of hydrogen-bond acceptors (Lipinski definition) is 6. The minimum absolute atomic E-state index is 0.125. The molecule has 1 unspecified atom stereocenters. The fourth-order valence-electron chi connectivity index (χ4n) is 3.92. The SMILES string of the molecule is CCOC(=O)Cc1ccccc1OCc1nn(C2CCCCO2)c2c(C#N)cc(Cl)cc12. The zero-order chi connectivity index (χ0) is 22.5. The van der Waals surface area contributed by atoms with Crippen LogP contribution in [0.1, 0.15) is 49.2 Å². The van der Waals surface area contributed by atoms with Crippen molar-refractivity contribution >= 4 is 28.5 Å². The van der Waals surface area contributed by atoms with Crippen LogP contribution < -0.4 is 4.74 Å². The molecule has 0 spiro atoms. The lowest BCUT2D eigenvalue weighted by Crippen LogP contribution is -2.19. The topological polar surface area (TPSA) is 86.4 Å². The van der Waals surface area contributed by atoms with Crippen molar-refractivity contribution in [2.45, 2.75) is 45.4 Å². The second-order valence-electron chi connectivity index (χ2n) is 7.55. The van der Waals surface area contributed by atoms with Crippen LogP contribution in [0.4, 0.5) is 0 Å². The Morgan fingerprint density at radius 3 is 2.94 bits per heavy atom. The zero-order valence-electron chi connectivity index (χ0n) is 17.8. The monoisotopic (exact) mass is 453 g/mol. The van der Waals surface area contributed by atoms with Crippen LogP contribution in [0.25, 0.3) is 10.9 Å². The molecule has 1 aromatic heterocycles. The highest BCUT2D eigenvalue weighted by Gasteiger charge is 2.24. The van der Waals surface area contributed by atoms with E-state index < -0.39 is 0 Å². The van der Waals surface area contributed by atoms with Crippen LogP contribution in [-0.2, 0) is 27.3 Å². The van der Waals surface area contributed by atoms with Gasteiger partial charge in [-0.25, -0.2) is 4.68 Å². The Morgan fingerprint density at radius 1 is 1.34 bits per heavy atom. The van der Waals surface area contributed by atoms with Crippen molar-refractivity contribution in [3.05, 3.63) is 58.2 Å². The molecular weight excluding hydrogens is 430 g/mol. The predicted molar refractivity (Wildman–Crippen MR) is 119 cm³/mol. The summed E-state index contributed by atoms with van der Waals surface area (Å²) >= 11 is 6.29. The number of ether oxygens (including phenoxy) is 3. The van der Waals surface area contributed by atoms with E-state index in [2.05, 4.69) is 6.07 Å². The van der Waals surface area contributed by atoms with E-state index in [-0.39, 0.29) is 25.2 Å². The Morgan fingerprint density at radius 2 is 2.19 bits per heavy atom. The van der Waals surface area contributed by atoms with Crippen LogP contribution >= 0.6 is 11.6 Å². The number of nitrogens with zero attached hydrogens (tertiary/aromatic N) is 3. The van der Waals surface area contributed by atoms with Gasteiger partial charge in [-0.3, -0.25) is 4.79 Å². The molecule has 8 heteroatoms. The Hall–Kier alpha value is -3.08. The average Bonchev–Trinajstić information content (AvgIpc) is 3.17. The first kappa shape index (κ1) is 22.1. The molecule has 1 atom stereocenters. The Bertz CT molecular complexity index is 1160. The number of benzene rings is 2. The highest BCUT2D eigenvalue weighted by molar-refractivity contribution is 6.31. The standard InChI is InChI=1S/C24H24ClN3O4/c1-2-30-23(29)12-16-7-3-4-8-21(16)32-15-20-19-13-18(25)11-17(14-26)24(19)28(27-20)22-9-5-6-10-31-22/h3-4,7-8,11,13,22H,2,5-6,9-10,12,15H2,1H3. The van der Waals surface area contributed by atoms with E-state index in [0.29, 0.717) is 40.8 Å². The van der Waals surface area contributed by atoms with E-state index in [4.69, 9.17) is 30.9 Å². The largest absolute Gasteiger partial charge is 0.487 e. The van der Waals surface area contributed by atoms with Gasteiger partial charge in [0, 0.05) is 22.6 Å². The van der Waals surface area contributed by atoms with Crippen molar-refractivity contribution in [2.75, 3.05) is 13.2 Å². The number of para-hydroxylation sites is 1. The molecule has 0 aliphatic carbocycles. The molecule has 2 heterocycles. The maximum absolute atomic E-state index is 11.9. The molecule has 0 radical (unpaired) electrons. The van der Waals surface area contributed by atoms with Gasteiger partial charge < -0.3 is 14.2 Å². The van der Waals surface area contributed by atoms with Crippen molar-refractivity contribution in [3.8, 4) is 11.8 Å². The molecule has 0 bridgehead atoms. The van der Waals surface area contributed by atoms with Gasteiger partial charge in [0.05, 0.1) is 24.1 Å². The van der Waals surface area contributed by atoms with E-state index >= 15 is 0 Å². The summed E-state index contributed by atoms with van der Waals surface area (Å²) < 4.78 is 18.8. The van der Waals surface area contributed by atoms with Crippen LogP contribution in [-0.4, -0.2) is 29.0 Å². The average molecular weight is 454 g/mol. The lowest BCUT2D eigenvalue weighted by atomic mass is 10.1. The zero-order valence-corrected chi connectivity index (χ0v) is 18.6. The number of hydrogen-bond donors (Lipinski definition) is 0. The lowest BCUT2D eigenvalue weighted by molar-refractivity contribution is -0.142. The van der Waals surface area contributed by atoms with Gasteiger partial charge in [0.2, 0.25) is 0 Å². The smallest absolute Gasteiger partial charge is 0.310 e. The molecule has 0 N–H and O–H groups in total. The van der Waals surface area contributed by atoms with Crippen molar-refractivity contribution in [1.82, 2.24) is 9.78 Å². The van der Waals surface area contributed by atoms with Crippen LogP contribution in [0.2, 0.25) is 5.02 Å². The van der Waals surface area contributed by atoms with E-state index in [9.17, 15) is 10.1 Å². The third-order valence-corrected chi connectivity index (χ3v) is 5.59. The summed E-state index contributed by atoms with van der Waals surface area (Å²) in [6, 6.07) is 13.0. The number of halogens is 1. The summed E-state index contributed by atoms with van der Waals surface area (Å²) in [5, 5.41) is 15.7. The minimum Gasteiger partial charge on any atom is -0.487 e. The second kappa shape index (κ2) is 10.0. The third kappa shape index (κ3) is 4.72.